The molecule has 1 aliphatic heterocycles. The van der Waals surface area contributed by atoms with E-state index >= 15 is 0 Å². The zero-order valence-electron chi connectivity index (χ0n) is 22.4. The van der Waals surface area contributed by atoms with Gasteiger partial charge in [0.15, 0.2) is 0 Å². The molecule has 8 atom stereocenters. The molecule has 4 saturated carbocycles. The zero-order chi connectivity index (χ0) is 25.5. The SMILES string of the molecule is CCC1/C(=N\OC2CCNC2)CCC2(COC(C)=O)C3CCC4(C)C(=O)CCC4C3C/C(=N/OC)C12. The van der Waals surface area contributed by atoms with E-state index in [2.05, 4.69) is 24.3 Å². The van der Waals surface area contributed by atoms with Crippen LogP contribution in [0.5, 0.6) is 0 Å². The van der Waals surface area contributed by atoms with E-state index in [-0.39, 0.29) is 34.7 Å². The van der Waals surface area contributed by atoms with Crippen molar-refractivity contribution >= 4 is 23.2 Å². The van der Waals surface area contributed by atoms with Gasteiger partial charge in [-0.25, -0.2) is 0 Å². The summed E-state index contributed by atoms with van der Waals surface area (Å²) in [6, 6.07) is 0. The van der Waals surface area contributed by atoms with E-state index in [0.717, 1.165) is 75.9 Å². The number of fused-ring (bicyclic) bond motifs is 5. The normalized spacial score (nSPS) is 44.2. The van der Waals surface area contributed by atoms with Crippen LogP contribution >= 0.6 is 0 Å². The Balaban J connectivity index is 1.54. The van der Waals surface area contributed by atoms with Crippen LogP contribution in [0.15, 0.2) is 10.3 Å². The Labute approximate surface area is 214 Å². The summed E-state index contributed by atoms with van der Waals surface area (Å²) in [7, 11) is 1.62. The standard InChI is InChI=1S/C28H43N3O5/c1-5-19-23(31-36-18-10-13-29-15-18)9-12-28(16-35-17(2)32)22-8-11-27(3)21(6-7-25(27)33)20(22)14-24(26(19)28)30-34-4/h18-22,26,29H,5-16H2,1-4H3/b30-24-,31-23-. The molecule has 5 fully saturated rings. The zero-order valence-corrected chi connectivity index (χ0v) is 22.4. The fraction of sp³-hybridized carbons (Fsp3) is 0.857. The minimum absolute atomic E-state index is 0.0855. The molecule has 0 aromatic rings. The highest BCUT2D eigenvalue weighted by molar-refractivity contribution is 5.97. The van der Waals surface area contributed by atoms with Gasteiger partial charge < -0.3 is 19.7 Å². The number of oxime groups is 2. The molecule has 200 valence electrons. The van der Waals surface area contributed by atoms with E-state index in [9.17, 15) is 9.59 Å². The first-order valence-corrected chi connectivity index (χ1v) is 14.0. The second-order valence-electron chi connectivity index (χ2n) is 12.1. The average molecular weight is 502 g/mol. The Morgan fingerprint density at radius 3 is 2.64 bits per heavy atom. The first-order chi connectivity index (χ1) is 17.3. The van der Waals surface area contributed by atoms with Gasteiger partial charge in [-0.1, -0.05) is 24.2 Å². The number of hydrogen-bond acceptors (Lipinski definition) is 8. The van der Waals surface area contributed by atoms with Crippen molar-refractivity contribution in [1.29, 1.82) is 0 Å². The topological polar surface area (TPSA) is 98.6 Å². The molecule has 1 N–H and O–H groups in total. The van der Waals surface area contributed by atoms with Crippen LogP contribution < -0.4 is 5.32 Å². The van der Waals surface area contributed by atoms with Gasteiger partial charge in [0.25, 0.3) is 0 Å². The summed E-state index contributed by atoms with van der Waals surface area (Å²) < 4.78 is 5.86. The van der Waals surface area contributed by atoms with Gasteiger partial charge in [0.1, 0.15) is 19.0 Å². The Morgan fingerprint density at radius 2 is 1.94 bits per heavy atom. The lowest BCUT2D eigenvalue weighted by Crippen LogP contribution is -2.62. The molecule has 5 rings (SSSR count). The maximum atomic E-state index is 13.0. The molecule has 0 amide bonds. The van der Waals surface area contributed by atoms with Crippen LogP contribution in [0.25, 0.3) is 0 Å². The van der Waals surface area contributed by atoms with Crippen LogP contribution in [0, 0.1) is 40.4 Å². The number of hydrogen-bond donors (Lipinski definition) is 1. The largest absolute Gasteiger partial charge is 0.465 e. The van der Waals surface area contributed by atoms with Gasteiger partial charge in [0.2, 0.25) is 0 Å². The molecule has 8 nitrogen and oxygen atoms in total. The lowest BCUT2D eigenvalue weighted by Gasteiger charge is -2.61. The maximum Gasteiger partial charge on any atom is 0.302 e. The lowest BCUT2D eigenvalue weighted by molar-refractivity contribution is -0.156. The highest BCUT2D eigenvalue weighted by Gasteiger charge is 2.65. The molecule has 5 aliphatic rings. The lowest BCUT2D eigenvalue weighted by atomic mass is 9.42. The fourth-order valence-corrected chi connectivity index (χ4v) is 8.86. The summed E-state index contributed by atoms with van der Waals surface area (Å²) in [6.45, 7) is 8.11. The highest BCUT2D eigenvalue weighted by Crippen LogP contribution is 2.66. The van der Waals surface area contributed by atoms with Crippen molar-refractivity contribution in [2.24, 2.45) is 50.7 Å². The summed E-state index contributed by atoms with van der Waals surface area (Å²) in [4.78, 5) is 36.5. The average Bonchev–Trinajstić information content (AvgIpc) is 3.49. The Hall–Kier alpha value is -1.96. The molecular weight excluding hydrogens is 458 g/mol. The Bertz CT molecular complexity index is 928. The fourth-order valence-electron chi connectivity index (χ4n) is 8.86. The predicted octanol–water partition coefficient (Wildman–Crippen LogP) is 4.12. The molecule has 36 heavy (non-hydrogen) atoms. The molecule has 0 spiro atoms. The molecule has 0 aromatic carbocycles. The van der Waals surface area contributed by atoms with Crippen molar-refractivity contribution in [2.75, 3.05) is 26.8 Å². The van der Waals surface area contributed by atoms with Crippen molar-refractivity contribution in [3.8, 4) is 0 Å². The van der Waals surface area contributed by atoms with E-state index in [1.54, 1.807) is 7.11 Å². The third-order valence-electron chi connectivity index (χ3n) is 10.5. The first-order valence-electron chi connectivity index (χ1n) is 14.0. The van der Waals surface area contributed by atoms with E-state index < -0.39 is 0 Å². The number of Topliss-reactive ketones (excluding diaryl/α,β-unsaturated/α-hetero) is 1. The van der Waals surface area contributed by atoms with E-state index in [4.69, 9.17) is 19.6 Å². The number of ether oxygens (including phenoxy) is 1. The molecule has 4 aliphatic carbocycles. The number of nitrogens with one attached hydrogen (secondary N) is 1. The molecule has 1 saturated heterocycles. The van der Waals surface area contributed by atoms with Gasteiger partial charge in [-0.2, -0.15) is 0 Å². The summed E-state index contributed by atoms with van der Waals surface area (Å²) >= 11 is 0. The smallest absolute Gasteiger partial charge is 0.302 e. The Morgan fingerprint density at radius 1 is 1.11 bits per heavy atom. The van der Waals surface area contributed by atoms with Crippen molar-refractivity contribution in [1.82, 2.24) is 5.32 Å². The van der Waals surface area contributed by atoms with E-state index in [0.29, 0.717) is 36.6 Å². The van der Waals surface area contributed by atoms with Gasteiger partial charge in [-0.05, 0) is 69.2 Å². The van der Waals surface area contributed by atoms with Crippen LogP contribution in [-0.2, 0) is 24.0 Å². The molecule has 0 radical (unpaired) electrons. The van der Waals surface area contributed by atoms with Gasteiger partial charge in [-0.3, -0.25) is 9.59 Å². The summed E-state index contributed by atoms with van der Waals surface area (Å²) in [5.74, 6) is 1.53. The number of rotatable bonds is 6. The molecule has 8 heteroatoms. The third kappa shape index (κ3) is 4.17. The van der Waals surface area contributed by atoms with Gasteiger partial charge in [-0.15, -0.1) is 0 Å². The van der Waals surface area contributed by atoms with Crippen LogP contribution in [0.2, 0.25) is 0 Å². The van der Waals surface area contributed by atoms with Gasteiger partial charge >= 0.3 is 5.97 Å². The van der Waals surface area contributed by atoms with Crippen molar-refractivity contribution in [2.45, 2.75) is 84.7 Å². The van der Waals surface area contributed by atoms with E-state index in [1.165, 1.54) is 6.92 Å². The van der Waals surface area contributed by atoms with Crippen LogP contribution in [0.1, 0.15) is 78.6 Å². The molecule has 0 aromatic heterocycles. The van der Waals surface area contributed by atoms with Gasteiger partial charge in [0.05, 0.1) is 18.0 Å². The van der Waals surface area contributed by atoms with Crippen LogP contribution in [0.4, 0.5) is 0 Å². The summed E-state index contributed by atoms with van der Waals surface area (Å²) in [6.07, 6.45) is 8.14. The molecule has 8 unspecified atom stereocenters. The third-order valence-corrected chi connectivity index (χ3v) is 10.5. The molecule has 0 bridgehead atoms. The number of carbonyl (C=O) groups is 2. The summed E-state index contributed by atoms with van der Waals surface area (Å²) in [5, 5.41) is 12.7. The Kier molecular flexibility index (Phi) is 7.18. The molecule has 1 heterocycles. The predicted molar refractivity (Wildman–Crippen MR) is 136 cm³/mol. The number of ketones is 1. The van der Waals surface area contributed by atoms with Crippen molar-refractivity contribution in [3.63, 3.8) is 0 Å². The highest BCUT2D eigenvalue weighted by atomic mass is 16.6. The van der Waals surface area contributed by atoms with Crippen molar-refractivity contribution < 1.29 is 24.0 Å². The summed E-state index contributed by atoms with van der Waals surface area (Å²) in [5.41, 5.74) is 1.69. The van der Waals surface area contributed by atoms with Gasteiger partial charge in [0, 0.05) is 49.0 Å². The quantitative estimate of drug-likeness (QED) is 0.434. The minimum Gasteiger partial charge on any atom is -0.465 e. The number of carbonyl (C=O) groups excluding carboxylic acids is 2. The van der Waals surface area contributed by atoms with E-state index in [1.807, 2.05) is 0 Å². The van der Waals surface area contributed by atoms with Crippen LogP contribution in [-0.4, -0.2) is 56.1 Å². The maximum absolute atomic E-state index is 13.0. The second-order valence-corrected chi connectivity index (χ2v) is 12.1. The second kappa shape index (κ2) is 10.1. The van der Waals surface area contributed by atoms with Crippen LogP contribution in [0.3, 0.4) is 0 Å². The first kappa shape index (κ1) is 25.7. The number of nitrogens with zero attached hydrogens (tertiary/aromatic N) is 2. The van der Waals surface area contributed by atoms with Crippen molar-refractivity contribution in [3.05, 3.63) is 0 Å². The molecular formula is C28H43N3O5. The monoisotopic (exact) mass is 501 g/mol. The number of esters is 1. The minimum atomic E-state index is -0.239.